The first-order valence-electron chi connectivity index (χ1n) is 6.54. The largest absolute Gasteiger partial charge is 0.444 e. The first kappa shape index (κ1) is 14.1. The molecule has 1 fully saturated rings. The molecule has 0 unspecified atom stereocenters. The lowest BCUT2D eigenvalue weighted by Gasteiger charge is -2.32. The zero-order chi connectivity index (χ0) is 14.0. The Bertz CT molecular complexity index is 445. The van der Waals surface area contributed by atoms with Gasteiger partial charge in [-0.05, 0) is 33.6 Å². The van der Waals surface area contributed by atoms with Crippen LogP contribution in [0, 0.1) is 0 Å². The van der Waals surface area contributed by atoms with E-state index in [1.165, 1.54) is 0 Å². The van der Waals surface area contributed by atoms with Crippen molar-refractivity contribution in [3.05, 3.63) is 10.4 Å². The molecule has 106 valence electrons. The molecule has 0 saturated carbocycles. The van der Waals surface area contributed by atoms with Crippen molar-refractivity contribution in [3.63, 3.8) is 0 Å². The van der Waals surface area contributed by atoms with Crippen LogP contribution in [0.3, 0.4) is 0 Å². The Morgan fingerprint density at radius 2 is 2.11 bits per heavy atom. The molecule has 0 bridgehead atoms. The number of nitrogens with zero attached hydrogens (tertiary/aromatic N) is 2. The summed E-state index contributed by atoms with van der Waals surface area (Å²) in [7, 11) is 0. The molecule has 0 spiro atoms. The molecule has 2 rings (SSSR count). The molecular formula is C13H21N3O2S. The van der Waals surface area contributed by atoms with Crippen LogP contribution >= 0.6 is 11.3 Å². The van der Waals surface area contributed by atoms with Crippen molar-refractivity contribution in [1.29, 1.82) is 0 Å². The molecule has 5 nitrogen and oxygen atoms in total. The average Bonchev–Trinajstić information content (AvgIpc) is 2.74. The van der Waals surface area contributed by atoms with Gasteiger partial charge in [0.25, 0.3) is 0 Å². The van der Waals surface area contributed by atoms with Crippen LogP contribution in [0.4, 0.5) is 10.6 Å². The summed E-state index contributed by atoms with van der Waals surface area (Å²) in [6, 6.07) is 0. The van der Waals surface area contributed by atoms with Crippen LogP contribution in [0.5, 0.6) is 0 Å². The van der Waals surface area contributed by atoms with Gasteiger partial charge in [0, 0.05) is 24.4 Å². The number of aromatic nitrogens is 1. The lowest BCUT2D eigenvalue weighted by Crippen LogP contribution is -2.41. The van der Waals surface area contributed by atoms with Crippen LogP contribution in [0.2, 0.25) is 0 Å². The van der Waals surface area contributed by atoms with Crippen molar-refractivity contribution in [2.24, 2.45) is 0 Å². The van der Waals surface area contributed by atoms with E-state index in [1.807, 2.05) is 26.2 Å². The lowest BCUT2D eigenvalue weighted by molar-refractivity contribution is 0.0205. The average molecular weight is 283 g/mol. The van der Waals surface area contributed by atoms with Crippen LogP contribution in [0.1, 0.15) is 44.5 Å². The zero-order valence-electron chi connectivity index (χ0n) is 11.7. The van der Waals surface area contributed by atoms with E-state index in [2.05, 4.69) is 4.98 Å². The fraction of sp³-hybridized carbons (Fsp3) is 0.692. The molecule has 1 saturated heterocycles. The predicted molar refractivity (Wildman–Crippen MR) is 76.3 cm³/mol. The van der Waals surface area contributed by atoms with Gasteiger partial charge >= 0.3 is 6.09 Å². The highest BCUT2D eigenvalue weighted by Gasteiger charge is 2.28. The summed E-state index contributed by atoms with van der Waals surface area (Å²) in [5.74, 6) is 1.01. The molecule has 1 aliphatic rings. The van der Waals surface area contributed by atoms with Crippen LogP contribution in [0.15, 0.2) is 5.38 Å². The normalized spacial score (nSPS) is 17.5. The molecule has 0 aliphatic carbocycles. The molecule has 0 atom stereocenters. The summed E-state index contributed by atoms with van der Waals surface area (Å²) in [6.45, 7) is 7.10. The minimum atomic E-state index is -0.433. The van der Waals surface area contributed by atoms with E-state index in [0.717, 1.165) is 30.9 Å². The van der Waals surface area contributed by atoms with Gasteiger partial charge in [0.2, 0.25) is 0 Å². The van der Waals surface area contributed by atoms with Crippen LogP contribution in [-0.4, -0.2) is 34.7 Å². The maximum atomic E-state index is 11.9. The van der Waals surface area contributed by atoms with E-state index >= 15 is 0 Å². The number of thiazole rings is 1. The summed E-state index contributed by atoms with van der Waals surface area (Å²) in [6.07, 6.45) is 1.63. The SMILES string of the molecule is CC(C)(C)OC(=O)N1CCC(c2nc(N)cs2)CC1. The highest BCUT2D eigenvalue weighted by molar-refractivity contribution is 7.10. The maximum absolute atomic E-state index is 11.9. The van der Waals surface area contributed by atoms with Gasteiger partial charge in [0.05, 0.1) is 5.01 Å². The second kappa shape index (κ2) is 5.36. The Morgan fingerprint density at radius 3 is 2.58 bits per heavy atom. The number of carbonyl (C=O) groups excluding carboxylic acids is 1. The monoisotopic (exact) mass is 283 g/mol. The number of likely N-dealkylation sites (tertiary alicyclic amines) is 1. The van der Waals surface area contributed by atoms with E-state index in [9.17, 15) is 4.79 Å². The summed E-state index contributed by atoms with van der Waals surface area (Å²) in [5, 5.41) is 2.96. The van der Waals surface area contributed by atoms with E-state index in [4.69, 9.17) is 10.5 Å². The number of ether oxygens (including phenoxy) is 1. The second-order valence-electron chi connectivity index (χ2n) is 5.85. The van der Waals surface area contributed by atoms with Gasteiger partial charge in [-0.2, -0.15) is 0 Å². The van der Waals surface area contributed by atoms with E-state index in [-0.39, 0.29) is 6.09 Å². The Hall–Kier alpha value is -1.30. The quantitative estimate of drug-likeness (QED) is 0.860. The molecule has 1 aromatic rings. The number of anilines is 1. The Labute approximate surface area is 117 Å². The van der Waals surface area contributed by atoms with Gasteiger partial charge in [-0.3, -0.25) is 0 Å². The van der Waals surface area contributed by atoms with Gasteiger partial charge in [-0.15, -0.1) is 11.3 Å². The van der Waals surface area contributed by atoms with Gasteiger partial charge < -0.3 is 15.4 Å². The molecular weight excluding hydrogens is 262 g/mol. The Balaban J connectivity index is 1.87. The maximum Gasteiger partial charge on any atom is 0.410 e. The van der Waals surface area contributed by atoms with E-state index < -0.39 is 5.60 Å². The number of carbonyl (C=O) groups is 1. The number of rotatable bonds is 1. The number of amides is 1. The lowest BCUT2D eigenvalue weighted by atomic mass is 9.98. The number of hydrogen-bond acceptors (Lipinski definition) is 5. The summed E-state index contributed by atoms with van der Waals surface area (Å²) in [4.78, 5) is 18.0. The van der Waals surface area contributed by atoms with E-state index in [0.29, 0.717) is 11.7 Å². The van der Waals surface area contributed by atoms with Crippen molar-refractivity contribution in [2.75, 3.05) is 18.8 Å². The molecule has 2 heterocycles. The van der Waals surface area contributed by atoms with Crippen LogP contribution < -0.4 is 5.73 Å². The third-order valence-electron chi connectivity index (χ3n) is 3.04. The summed E-state index contributed by atoms with van der Waals surface area (Å²) >= 11 is 1.60. The van der Waals surface area contributed by atoms with Gasteiger partial charge in [-0.1, -0.05) is 0 Å². The van der Waals surface area contributed by atoms with Gasteiger partial charge in [0.1, 0.15) is 11.4 Å². The predicted octanol–water partition coefficient (Wildman–Crippen LogP) is 2.84. The zero-order valence-corrected chi connectivity index (χ0v) is 12.5. The number of nitrogens with two attached hydrogens (primary N) is 1. The van der Waals surface area contributed by atoms with Crippen molar-refractivity contribution in [1.82, 2.24) is 9.88 Å². The molecule has 1 amide bonds. The summed E-state index contributed by atoms with van der Waals surface area (Å²) < 4.78 is 5.38. The molecule has 1 aromatic heterocycles. The first-order valence-corrected chi connectivity index (χ1v) is 7.42. The minimum absolute atomic E-state index is 0.218. The highest BCUT2D eigenvalue weighted by Crippen LogP contribution is 2.31. The molecule has 1 aliphatic heterocycles. The Kier molecular flexibility index (Phi) is 3.99. The molecule has 6 heteroatoms. The van der Waals surface area contributed by atoms with Crippen molar-refractivity contribution >= 4 is 23.2 Å². The fourth-order valence-electron chi connectivity index (χ4n) is 2.12. The van der Waals surface area contributed by atoms with Crippen molar-refractivity contribution < 1.29 is 9.53 Å². The highest BCUT2D eigenvalue weighted by atomic mass is 32.1. The standard InChI is InChI=1S/C13H21N3O2S/c1-13(2,3)18-12(17)16-6-4-9(5-7-16)11-15-10(14)8-19-11/h8-9H,4-7,14H2,1-3H3. The van der Waals surface area contributed by atoms with Gasteiger partial charge in [0.15, 0.2) is 0 Å². The second-order valence-corrected chi connectivity index (χ2v) is 6.74. The third-order valence-corrected chi connectivity index (χ3v) is 4.06. The number of hydrogen-bond donors (Lipinski definition) is 1. The van der Waals surface area contributed by atoms with Crippen molar-refractivity contribution in [3.8, 4) is 0 Å². The smallest absolute Gasteiger partial charge is 0.410 e. The number of piperidine rings is 1. The van der Waals surface area contributed by atoms with Crippen LogP contribution in [-0.2, 0) is 4.74 Å². The first-order chi connectivity index (χ1) is 8.85. The molecule has 2 N–H and O–H groups in total. The molecule has 0 radical (unpaired) electrons. The topological polar surface area (TPSA) is 68.5 Å². The van der Waals surface area contributed by atoms with Gasteiger partial charge in [-0.25, -0.2) is 9.78 Å². The molecule has 0 aromatic carbocycles. The minimum Gasteiger partial charge on any atom is -0.444 e. The Morgan fingerprint density at radius 1 is 1.47 bits per heavy atom. The fourth-order valence-corrected chi connectivity index (χ4v) is 3.00. The number of nitrogen functional groups attached to an aromatic ring is 1. The van der Waals surface area contributed by atoms with Crippen LogP contribution in [0.25, 0.3) is 0 Å². The van der Waals surface area contributed by atoms with E-state index in [1.54, 1.807) is 16.2 Å². The van der Waals surface area contributed by atoms with Crippen molar-refractivity contribution in [2.45, 2.75) is 45.1 Å². The summed E-state index contributed by atoms with van der Waals surface area (Å²) in [5.41, 5.74) is 5.21. The molecule has 19 heavy (non-hydrogen) atoms. The third kappa shape index (κ3) is 3.83.